The van der Waals surface area contributed by atoms with E-state index in [1.165, 1.54) is 0 Å². The summed E-state index contributed by atoms with van der Waals surface area (Å²) in [7, 11) is 1.68. The lowest BCUT2D eigenvalue weighted by atomic mass is 10.2. The Morgan fingerprint density at radius 2 is 2.08 bits per heavy atom. The Morgan fingerprint density at radius 3 is 2.54 bits per heavy atom. The maximum atomic E-state index is 10.5. The van der Waals surface area contributed by atoms with Gasteiger partial charge in [0.05, 0.1) is 11.9 Å². The van der Waals surface area contributed by atoms with Gasteiger partial charge in [-0.05, 0) is 19.8 Å². The van der Waals surface area contributed by atoms with Crippen molar-refractivity contribution in [3.8, 4) is 0 Å². The molecule has 0 aromatic carbocycles. The van der Waals surface area contributed by atoms with Gasteiger partial charge in [0.1, 0.15) is 0 Å². The number of ether oxygens (including phenoxy) is 1. The fourth-order valence-electron chi connectivity index (χ4n) is 1.01. The van der Waals surface area contributed by atoms with E-state index in [2.05, 4.69) is 6.92 Å². The third-order valence-electron chi connectivity index (χ3n) is 1.63. The molecule has 0 spiro atoms. The lowest BCUT2D eigenvalue weighted by Gasteiger charge is -2.10. The monoisotopic (exact) mass is 228 g/mol. The molecule has 0 N–H and O–H groups in total. The van der Waals surface area contributed by atoms with Crippen molar-refractivity contribution in [3.05, 3.63) is 0 Å². The fourth-order valence-corrected chi connectivity index (χ4v) is 1.80. The average molecular weight is 229 g/mol. The molecule has 0 amide bonds. The van der Waals surface area contributed by atoms with Crippen LogP contribution in [-0.4, -0.2) is 26.9 Å². The molecule has 1 unspecified atom stereocenters. The summed E-state index contributed by atoms with van der Waals surface area (Å²) in [4.78, 5) is 0. The Labute approximate surface area is 84.8 Å². The van der Waals surface area contributed by atoms with Gasteiger partial charge in [-0.15, -0.1) is 0 Å². The second-order valence-corrected chi connectivity index (χ2v) is 5.96. The third-order valence-corrected chi connectivity index (χ3v) is 2.87. The SMILES string of the molecule is CCCC(C)OCCCS(=O)(=O)Cl. The highest BCUT2D eigenvalue weighted by atomic mass is 35.7. The fraction of sp³-hybridized carbons (Fsp3) is 1.00. The van der Waals surface area contributed by atoms with E-state index in [-0.39, 0.29) is 11.9 Å². The zero-order valence-electron chi connectivity index (χ0n) is 8.12. The van der Waals surface area contributed by atoms with Crippen LogP contribution in [0.3, 0.4) is 0 Å². The van der Waals surface area contributed by atoms with Gasteiger partial charge in [-0.25, -0.2) is 8.42 Å². The van der Waals surface area contributed by atoms with Crippen molar-refractivity contribution in [2.45, 2.75) is 39.2 Å². The molecular formula is C8H17ClO3S. The largest absolute Gasteiger partial charge is 0.378 e. The van der Waals surface area contributed by atoms with Crippen LogP contribution < -0.4 is 0 Å². The Morgan fingerprint density at radius 1 is 1.46 bits per heavy atom. The van der Waals surface area contributed by atoms with Crippen molar-refractivity contribution in [2.24, 2.45) is 0 Å². The second-order valence-electron chi connectivity index (χ2n) is 3.07. The van der Waals surface area contributed by atoms with E-state index >= 15 is 0 Å². The molecule has 0 heterocycles. The van der Waals surface area contributed by atoms with E-state index in [0.717, 1.165) is 12.8 Å². The van der Waals surface area contributed by atoms with Gasteiger partial charge in [-0.3, -0.25) is 0 Å². The number of halogens is 1. The van der Waals surface area contributed by atoms with E-state index < -0.39 is 9.05 Å². The van der Waals surface area contributed by atoms with Crippen molar-refractivity contribution in [2.75, 3.05) is 12.4 Å². The van der Waals surface area contributed by atoms with Crippen LogP contribution in [0.5, 0.6) is 0 Å². The van der Waals surface area contributed by atoms with Gasteiger partial charge in [0.15, 0.2) is 0 Å². The molecule has 80 valence electrons. The van der Waals surface area contributed by atoms with Gasteiger partial charge in [0.2, 0.25) is 9.05 Å². The predicted molar refractivity (Wildman–Crippen MR) is 54.6 cm³/mol. The average Bonchev–Trinajstić information content (AvgIpc) is 1.97. The lowest BCUT2D eigenvalue weighted by Crippen LogP contribution is -2.10. The van der Waals surface area contributed by atoms with Crippen LogP contribution in [-0.2, 0) is 13.8 Å². The molecule has 13 heavy (non-hydrogen) atoms. The first kappa shape index (κ1) is 13.2. The predicted octanol–water partition coefficient (Wildman–Crippen LogP) is 2.15. The molecule has 0 aliphatic heterocycles. The molecule has 0 fully saturated rings. The molecule has 5 heteroatoms. The topological polar surface area (TPSA) is 43.4 Å². The summed E-state index contributed by atoms with van der Waals surface area (Å²) >= 11 is 0. The van der Waals surface area contributed by atoms with Gasteiger partial charge in [-0.2, -0.15) is 0 Å². The minimum absolute atomic E-state index is 0.00655. The van der Waals surface area contributed by atoms with Gasteiger partial charge in [-0.1, -0.05) is 13.3 Å². The van der Waals surface area contributed by atoms with Gasteiger partial charge in [0.25, 0.3) is 0 Å². The summed E-state index contributed by atoms with van der Waals surface area (Å²) in [6, 6.07) is 0. The number of hydrogen-bond donors (Lipinski definition) is 0. The molecule has 1 atom stereocenters. The number of rotatable bonds is 7. The Bertz CT molecular complexity index is 213. The summed E-state index contributed by atoms with van der Waals surface area (Å²) in [6.07, 6.45) is 2.77. The zero-order chi connectivity index (χ0) is 10.3. The maximum absolute atomic E-state index is 10.5. The molecule has 0 aromatic heterocycles. The smallest absolute Gasteiger partial charge is 0.232 e. The highest BCUT2D eigenvalue weighted by Gasteiger charge is 2.05. The lowest BCUT2D eigenvalue weighted by molar-refractivity contribution is 0.0607. The van der Waals surface area contributed by atoms with Gasteiger partial charge >= 0.3 is 0 Å². The molecular weight excluding hydrogens is 212 g/mol. The van der Waals surface area contributed by atoms with Crippen LogP contribution >= 0.6 is 10.7 Å². The van der Waals surface area contributed by atoms with Crippen molar-refractivity contribution < 1.29 is 13.2 Å². The molecule has 3 nitrogen and oxygen atoms in total. The molecule has 0 aliphatic rings. The highest BCUT2D eigenvalue weighted by molar-refractivity contribution is 8.13. The van der Waals surface area contributed by atoms with Crippen LogP contribution in [0.2, 0.25) is 0 Å². The Hall–Kier alpha value is 0.200. The van der Waals surface area contributed by atoms with E-state index in [9.17, 15) is 8.42 Å². The normalized spacial score (nSPS) is 14.4. The summed E-state index contributed by atoms with van der Waals surface area (Å²) < 4.78 is 26.4. The molecule has 0 saturated heterocycles. The van der Waals surface area contributed by atoms with Crippen molar-refractivity contribution in [3.63, 3.8) is 0 Å². The summed E-state index contributed by atoms with van der Waals surface area (Å²) in [5, 5.41) is 0. The van der Waals surface area contributed by atoms with E-state index in [4.69, 9.17) is 15.4 Å². The van der Waals surface area contributed by atoms with Crippen molar-refractivity contribution in [1.29, 1.82) is 0 Å². The van der Waals surface area contributed by atoms with E-state index in [0.29, 0.717) is 13.0 Å². The zero-order valence-corrected chi connectivity index (χ0v) is 9.70. The molecule has 0 aliphatic carbocycles. The Balaban J connectivity index is 3.36. The third kappa shape index (κ3) is 10.1. The first-order valence-electron chi connectivity index (χ1n) is 4.49. The van der Waals surface area contributed by atoms with Crippen LogP contribution in [0.15, 0.2) is 0 Å². The first-order chi connectivity index (χ1) is 5.95. The maximum Gasteiger partial charge on any atom is 0.232 e. The molecule has 0 rings (SSSR count). The van der Waals surface area contributed by atoms with Crippen molar-refractivity contribution >= 4 is 19.7 Å². The summed E-state index contributed by atoms with van der Waals surface area (Å²) in [6.45, 7) is 4.54. The van der Waals surface area contributed by atoms with E-state index in [1.54, 1.807) is 0 Å². The van der Waals surface area contributed by atoms with Crippen molar-refractivity contribution in [1.82, 2.24) is 0 Å². The van der Waals surface area contributed by atoms with Crippen LogP contribution in [0, 0.1) is 0 Å². The van der Waals surface area contributed by atoms with Crippen LogP contribution in [0.25, 0.3) is 0 Å². The van der Waals surface area contributed by atoms with E-state index in [1.807, 2.05) is 6.92 Å². The minimum Gasteiger partial charge on any atom is -0.378 e. The molecule has 0 bridgehead atoms. The summed E-state index contributed by atoms with van der Waals surface area (Å²) in [5.74, 6) is -0.00655. The van der Waals surface area contributed by atoms with Crippen LogP contribution in [0.1, 0.15) is 33.1 Å². The molecule has 0 saturated carbocycles. The second kappa shape index (κ2) is 6.62. The summed E-state index contributed by atoms with van der Waals surface area (Å²) in [5.41, 5.74) is 0. The van der Waals surface area contributed by atoms with Gasteiger partial charge < -0.3 is 4.74 Å². The highest BCUT2D eigenvalue weighted by Crippen LogP contribution is 2.03. The van der Waals surface area contributed by atoms with Crippen LogP contribution in [0.4, 0.5) is 0 Å². The minimum atomic E-state index is -3.34. The Kier molecular flexibility index (Phi) is 6.73. The molecule has 0 radical (unpaired) electrons. The first-order valence-corrected chi connectivity index (χ1v) is 6.97. The quantitative estimate of drug-likeness (QED) is 0.496. The standard InChI is InChI=1S/C8H17ClO3S/c1-3-5-8(2)12-6-4-7-13(9,10)11/h8H,3-7H2,1-2H3. The van der Waals surface area contributed by atoms with Gasteiger partial charge in [0, 0.05) is 17.3 Å². The number of hydrogen-bond acceptors (Lipinski definition) is 3. The molecule has 0 aromatic rings.